The zero-order valence-corrected chi connectivity index (χ0v) is 22.9. The van der Waals surface area contributed by atoms with E-state index in [1.165, 1.54) is 0 Å². The Hall–Kier alpha value is -3.37. The van der Waals surface area contributed by atoms with Crippen LogP contribution in [-0.2, 0) is 6.54 Å². The number of anilines is 1. The van der Waals surface area contributed by atoms with Gasteiger partial charge in [-0.25, -0.2) is 5.43 Å². The summed E-state index contributed by atoms with van der Waals surface area (Å²) in [6, 6.07) is 20.4. The van der Waals surface area contributed by atoms with E-state index in [0.717, 1.165) is 56.0 Å². The van der Waals surface area contributed by atoms with Gasteiger partial charge in [0.2, 0.25) is 0 Å². The molecule has 1 heterocycles. The van der Waals surface area contributed by atoms with Crippen LogP contribution in [0.4, 0.5) is 5.69 Å². The third-order valence-electron chi connectivity index (χ3n) is 6.40. The fourth-order valence-corrected chi connectivity index (χ4v) is 4.68. The number of carbonyl (C=O) groups is 2. The maximum absolute atomic E-state index is 13.0. The van der Waals surface area contributed by atoms with Crippen molar-refractivity contribution in [3.05, 3.63) is 99.0 Å². The highest BCUT2D eigenvalue weighted by molar-refractivity contribution is 9.10. The lowest BCUT2D eigenvalue weighted by molar-refractivity contribution is 0.0956. The second kappa shape index (κ2) is 13.4. The van der Waals surface area contributed by atoms with Crippen molar-refractivity contribution in [2.45, 2.75) is 13.5 Å². The third kappa shape index (κ3) is 7.82. The number of carbonyl (C=O) groups excluding carboxylic acids is 2. The SMILES string of the molecule is Cc1cccc(C=NNC(=O)c2cc(Br)ccc2NC(=O)c2ccc(CN3CCN(CCO)CC3)cc2)c1. The number of nitrogens with one attached hydrogen (secondary N) is 2. The highest BCUT2D eigenvalue weighted by Gasteiger charge is 2.17. The Morgan fingerprint density at radius 3 is 2.42 bits per heavy atom. The number of nitrogens with zero attached hydrogens (tertiary/aromatic N) is 3. The number of piperazine rings is 1. The van der Waals surface area contributed by atoms with Crippen molar-refractivity contribution >= 4 is 39.6 Å². The maximum atomic E-state index is 13.0. The van der Waals surface area contributed by atoms with Gasteiger partial charge in [-0.2, -0.15) is 5.10 Å². The van der Waals surface area contributed by atoms with Crippen molar-refractivity contribution in [2.24, 2.45) is 5.10 Å². The molecule has 1 saturated heterocycles. The molecular formula is C29H32BrN5O3. The van der Waals surface area contributed by atoms with Gasteiger partial charge in [-0.15, -0.1) is 0 Å². The number of rotatable bonds is 9. The molecular weight excluding hydrogens is 546 g/mol. The van der Waals surface area contributed by atoms with Gasteiger partial charge in [-0.3, -0.25) is 19.4 Å². The normalized spacial score (nSPS) is 14.5. The first-order chi connectivity index (χ1) is 18.4. The molecule has 198 valence electrons. The van der Waals surface area contributed by atoms with E-state index in [-0.39, 0.29) is 12.5 Å². The predicted octanol–water partition coefficient (Wildman–Crippen LogP) is 3.88. The first-order valence-corrected chi connectivity index (χ1v) is 13.4. The summed E-state index contributed by atoms with van der Waals surface area (Å²) in [5.74, 6) is -0.728. The second-order valence-corrected chi connectivity index (χ2v) is 10.2. The second-order valence-electron chi connectivity index (χ2n) is 9.30. The molecule has 9 heteroatoms. The van der Waals surface area contributed by atoms with Gasteiger partial charge in [0.15, 0.2) is 0 Å². The molecule has 3 aromatic rings. The number of hydrazone groups is 1. The first kappa shape index (κ1) is 27.7. The number of benzene rings is 3. The van der Waals surface area contributed by atoms with Crippen LogP contribution in [0.5, 0.6) is 0 Å². The Kier molecular flexibility index (Phi) is 9.78. The molecule has 0 unspecified atom stereocenters. The van der Waals surface area contributed by atoms with E-state index >= 15 is 0 Å². The summed E-state index contributed by atoms with van der Waals surface area (Å²) in [5, 5.41) is 16.0. The number of hydrogen-bond donors (Lipinski definition) is 3. The minimum absolute atomic E-state index is 0.192. The Balaban J connectivity index is 1.36. The molecule has 0 aromatic heterocycles. The number of aliphatic hydroxyl groups is 1. The lowest BCUT2D eigenvalue weighted by Gasteiger charge is -2.34. The topological polar surface area (TPSA) is 97.3 Å². The van der Waals surface area contributed by atoms with E-state index in [4.69, 9.17) is 5.11 Å². The van der Waals surface area contributed by atoms with Crippen molar-refractivity contribution in [2.75, 3.05) is 44.6 Å². The van der Waals surface area contributed by atoms with Gasteiger partial charge in [0, 0.05) is 49.3 Å². The molecule has 1 aliphatic rings. The van der Waals surface area contributed by atoms with Gasteiger partial charge in [0.05, 0.1) is 24.1 Å². The number of halogens is 1. The molecule has 38 heavy (non-hydrogen) atoms. The average molecular weight is 579 g/mol. The molecule has 4 rings (SSSR count). The Labute approximate surface area is 231 Å². The van der Waals surface area contributed by atoms with E-state index in [0.29, 0.717) is 21.3 Å². The molecule has 0 bridgehead atoms. The van der Waals surface area contributed by atoms with Crippen LogP contribution in [0.2, 0.25) is 0 Å². The number of amides is 2. The number of hydrogen-bond acceptors (Lipinski definition) is 6. The summed E-state index contributed by atoms with van der Waals surface area (Å²) in [7, 11) is 0. The third-order valence-corrected chi connectivity index (χ3v) is 6.89. The van der Waals surface area contributed by atoms with Crippen LogP contribution < -0.4 is 10.7 Å². The Morgan fingerprint density at radius 2 is 1.71 bits per heavy atom. The van der Waals surface area contributed by atoms with Crippen molar-refractivity contribution in [3.8, 4) is 0 Å². The molecule has 3 N–H and O–H groups in total. The van der Waals surface area contributed by atoms with E-state index in [1.807, 2.05) is 43.3 Å². The highest BCUT2D eigenvalue weighted by Crippen LogP contribution is 2.22. The number of aliphatic hydroxyl groups excluding tert-OH is 1. The highest BCUT2D eigenvalue weighted by atomic mass is 79.9. The van der Waals surface area contributed by atoms with Crippen molar-refractivity contribution in [3.63, 3.8) is 0 Å². The quantitative estimate of drug-likeness (QED) is 0.265. The predicted molar refractivity (Wildman–Crippen MR) is 154 cm³/mol. The first-order valence-electron chi connectivity index (χ1n) is 12.6. The molecule has 0 atom stereocenters. The van der Waals surface area contributed by atoms with Crippen LogP contribution in [-0.4, -0.2) is 72.3 Å². The molecule has 0 spiro atoms. The maximum Gasteiger partial charge on any atom is 0.273 e. The molecule has 1 aliphatic heterocycles. The monoisotopic (exact) mass is 577 g/mol. The van der Waals surface area contributed by atoms with E-state index < -0.39 is 5.91 Å². The molecule has 0 aliphatic carbocycles. The zero-order chi connectivity index (χ0) is 26.9. The summed E-state index contributed by atoms with van der Waals surface area (Å²) in [6.07, 6.45) is 1.58. The lowest BCUT2D eigenvalue weighted by atomic mass is 10.1. The summed E-state index contributed by atoms with van der Waals surface area (Å²) < 4.78 is 0.713. The van der Waals surface area contributed by atoms with Crippen LogP contribution >= 0.6 is 15.9 Å². The fraction of sp³-hybridized carbons (Fsp3) is 0.276. The fourth-order valence-electron chi connectivity index (χ4n) is 4.32. The van der Waals surface area contributed by atoms with E-state index in [2.05, 4.69) is 41.6 Å². The van der Waals surface area contributed by atoms with Gasteiger partial charge < -0.3 is 10.4 Å². The largest absolute Gasteiger partial charge is 0.395 e. The van der Waals surface area contributed by atoms with Crippen molar-refractivity contribution in [1.82, 2.24) is 15.2 Å². The smallest absolute Gasteiger partial charge is 0.273 e. The van der Waals surface area contributed by atoms with E-state index in [1.54, 1.807) is 36.5 Å². The molecule has 8 nitrogen and oxygen atoms in total. The van der Waals surface area contributed by atoms with Gasteiger partial charge in [-0.05, 0) is 48.4 Å². The molecule has 2 amide bonds. The van der Waals surface area contributed by atoms with Crippen molar-refractivity contribution < 1.29 is 14.7 Å². The lowest BCUT2D eigenvalue weighted by Crippen LogP contribution is -2.46. The van der Waals surface area contributed by atoms with Gasteiger partial charge in [-0.1, -0.05) is 57.9 Å². The van der Waals surface area contributed by atoms with Gasteiger partial charge in [0.1, 0.15) is 0 Å². The molecule has 3 aromatic carbocycles. The Morgan fingerprint density at radius 1 is 0.974 bits per heavy atom. The zero-order valence-electron chi connectivity index (χ0n) is 21.4. The van der Waals surface area contributed by atoms with Crippen LogP contribution in [0, 0.1) is 6.92 Å². The van der Waals surface area contributed by atoms with Crippen LogP contribution in [0.25, 0.3) is 0 Å². The number of β-amino-alcohol motifs (C(OH)–C–C–N with tert-alkyl or cyclic N) is 1. The van der Waals surface area contributed by atoms with Crippen LogP contribution in [0.3, 0.4) is 0 Å². The minimum Gasteiger partial charge on any atom is -0.395 e. The van der Waals surface area contributed by atoms with Crippen LogP contribution in [0.15, 0.2) is 76.3 Å². The standard InChI is InChI=1S/C29H32BrN5O3/c1-21-3-2-4-23(17-21)19-31-33-29(38)26-18-25(30)9-10-27(26)32-28(37)24-7-5-22(6-8-24)20-35-13-11-34(12-14-35)15-16-36/h2-10,17-19,36H,11-16,20H2,1H3,(H,32,37)(H,33,38). The molecule has 0 radical (unpaired) electrons. The molecule has 0 saturated carbocycles. The summed E-state index contributed by atoms with van der Waals surface area (Å²) in [6.45, 7) is 7.51. The van der Waals surface area contributed by atoms with Gasteiger partial charge in [0.25, 0.3) is 11.8 Å². The Bertz CT molecular complexity index is 1290. The van der Waals surface area contributed by atoms with E-state index in [9.17, 15) is 9.59 Å². The summed E-state index contributed by atoms with van der Waals surface area (Å²) in [4.78, 5) is 30.5. The molecule has 1 fully saturated rings. The average Bonchev–Trinajstić information content (AvgIpc) is 2.91. The van der Waals surface area contributed by atoms with Gasteiger partial charge >= 0.3 is 0 Å². The summed E-state index contributed by atoms with van der Waals surface area (Å²) >= 11 is 3.40. The summed E-state index contributed by atoms with van der Waals surface area (Å²) in [5.41, 5.74) is 6.85. The minimum atomic E-state index is -0.431. The number of aryl methyl sites for hydroxylation is 1. The van der Waals surface area contributed by atoms with Crippen LogP contribution in [0.1, 0.15) is 37.4 Å². The van der Waals surface area contributed by atoms with Crippen molar-refractivity contribution in [1.29, 1.82) is 0 Å².